The average molecular weight is 321 g/mol. The largest absolute Gasteiger partial charge is 0.369 e. The van der Waals surface area contributed by atoms with Crippen LogP contribution in [0.3, 0.4) is 0 Å². The Morgan fingerprint density at radius 1 is 1.13 bits per heavy atom. The quantitative estimate of drug-likeness (QED) is 0.555. The highest BCUT2D eigenvalue weighted by Gasteiger charge is 2.23. The molecule has 0 unspecified atom stereocenters. The number of piperidine rings is 1. The number of carbonyl (C=O) groups excluding carboxylic acids is 2. The van der Waals surface area contributed by atoms with Crippen molar-refractivity contribution < 1.29 is 9.59 Å². The highest BCUT2D eigenvalue weighted by molar-refractivity contribution is 5.87. The maximum atomic E-state index is 11.8. The maximum Gasteiger partial charge on any atom is 0.243 e. The van der Waals surface area contributed by atoms with Crippen molar-refractivity contribution in [2.24, 2.45) is 17.6 Å². The molecule has 23 heavy (non-hydrogen) atoms. The molecule has 1 saturated carbocycles. The van der Waals surface area contributed by atoms with Gasteiger partial charge in [0.1, 0.15) is 0 Å². The Labute approximate surface area is 139 Å². The molecule has 2 aliphatic rings. The molecule has 1 aliphatic heterocycles. The molecule has 0 bridgehead atoms. The molecule has 130 valence electrons. The second kappa shape index (κ2) is 9.71. The van der Waals surface area contributed by atoms with Crippen molar-refractivity contribution in [3.05, 3.63) is 12.2 Å². The Kier molecular flexibility index (Phi) is 7.59. The van der Waals surface area contributed by atoms with Gasteiger partial charge < -0.3 is 16.0 Å². The summed E-state index contributed by atoms with van der Waals surface area (Å²) in [5.74, 6) is 0.422. The van der Waals surface area contributed by atoms with Crippen molar-refractivity contribution in [1.82, 2.24) is 10.2 Å². The summed E-state index contributed by atoms with van der Waals surface area (Å²) in [6, 6.07) is 0. The molecule has 3 N–H and O–H groups in total. The van der Waals surface area contributed by atoms with Gasteiger partial charge in [-0.25, -0.2) is 0 Å². The first-order chi connectivity index (χ1) is 11.1. The molecule has 1 aliphatic carbocycles. The normalized spacial score (nSPS) is 23.9. The first-order valence-corrected chi connectivity index (χ1v) is 9.13. The van der Waals surface area contributed by atoms with Crippen LogP contribution < -0.4 is 11.1 Å². The smallest absolute Gasteiger partial charge is 0.243 e. The summed E-state index contributed by atoms with van der Waals surface area (Å²) < 4.78 is 0. The van der Waals surface area contributed by atoms with Crippen LogP contribution >= 0.6 is 0 Å². The monoisotopic (exact) mass is 321 g/mol. The van der Waals surface area contributed by atoms with Crippen LogP contribution in [0.5, 0.6) is 0 Å². The van der Waals surface area contributed by atoms with E-state index in [0.29, 0.717) is 12.5 Å². The summed E-state index contributed by atoms with van der Waals surface area (Å²) in [5, 5.41) is 2.95. The zero-order valence-corrected chi connectivity index (χ0v) is 14.1. The third-order valence-corrected chi connectivity index (χ3v) is 5.03. The minimum absolute atomic E-state index is 0.00299. The Balaban J connectivity index is 1.56. The Hall–Kier alpha value is -1.36. The van der Waals surface area contributed by atoms with Crippen molar-refractivity contribution in [2.75, 3.05) is 26.2 Å². The van der Waals surface area contributed by atoms with Crippen molar-refractivity contribution in [1.29, 1.82) is 0 Å². The number of primary amides is 1. The first kappa shape index (κ1) is 18.0. The highest BCUT2D eigenvalue weighted by atomic mass is 16.1. The van der Waals surface area contributed by atoms with Gasteiger partial charge in [0.15, 0.2) is 0 Å². The van der Waals surface area contributed by atoms with Crippen LogP contribution in [0.15, 0.2) is 12.2 Å². The van der Waals surface area contributed by atoms with Gasteiger partial charge in [-0.1, -0.05) is 25.3 Å². The Bertz CT molecular complexity index is 416. The highest BCUT2D eigenvalue weighted by Crippen LogP contribution is 2.24. The van der Waals surface area contributed by atoms with Crippen molar-refractivity contribution in [3.8, 4) is 0 Å². The van der Waals surface area contributed by atoms with Gasteiger partial charge in [0.25, 0.3) is 0 Å². The number of hydrogen-bond acceptors (Lipinski definition) is 3. The molecule has 0 aromatic carbocycles. The van der Waals surface area contributed by atoms with E-state index >= 15 is 0 Å². The molecule has 1 saturated heterocycles. The lowest BCUT2D eigenvalue weighted by Crippen LogP contribution is -2.42. The van der Waals surface area contributed by atoms with E-state index in [1.807, 2.05) is 0 Å². The summed E-state index contributed by atoms with van der Waals surface area (Å²) in [6.07, 6.45) is 13.0. The molecule has 0 aromatic rings. The molecule has 0 spiro atoms. The number of amides is 2. The number of nitrogens with one attached hydrogen (secondary N) is 1. The van der Waals surface area contributed by atoms with E-state index in [1.54, 1.807) is 6.08 Å². The number of nitrogens with two attached hydrogens (primary N) is 1. The predicted octanol–water partition coefficient (Wildman–Crippen LogP) is 1.83. The van der Waals surface area contributed by atoms with Gasteiger partial charge >= 0.3 is 0 Å². The number of hydrogen-bond donors (Lipinski definition) is 2. The number of allylic oxidation sites excluding steroid dienone is 1. The lowest BCUT2D eigenvalue weighted by atomic mass is 9.89. The average Bonchev–Trinajstić information content (AvgIpc) is 2.58. The minimum atomic E-state index is -0.184. The molecule has 2 rings (SSSR count). The third kappa shape index (κ3) is 6.73. The number of carbonyl (C=O) groups is 2. The van der Waals surface area contributed by atoms with Crippen LogP contribution in [0.1, 0.15) is 51.4 Å². The molecule has 0 aromatic heterocycles. The molecular formula is C18H31N3O2. The molecular weight excluding hydrogens is 290 g/mol. The summed E-state index contributed by atoms with van der Waals surface area (Å²) >= 11 is 0. The zero-order chi connectivity index (χ0) is 16.5. The fourth-order valence-corrected chi connectivity index (χ4v) is 3.61. The van der Waals surface area contributed by atoms with Gasteiger partial charge in [0, 0.05) is 13.1 Å². The van der Waals surface area contributed by atoms with E-state index in [4.69, 9.17) is 5.73 Å². The topological polar surface area (TPSA) is 75.4 Å². The van der Waals surface area contributed by atoms with Crippen LogP contribution in [0.4, 0.5) is 0 Å². The fourth-order valence-electron chi connectivity index (χ4n) is 3.61. The third-order valence-electron chi connectivity index (χ3n) is 5.03. The fraction of sp³-hybridized carbons (Fsp3) is 0.778. The number of nitrogens with zero attached hydrogens (tertiary/aromatic N) is 1. The van der Waals surface area contributed by atoms with E-state index in [2.05, 4.69) is 16.3 Å². The van der Waals surface area contributed by atoms with Gasteiger partial charge in [-0.05, 0) is 57.2 Å². The van der Waals surface area contributed by atoms with E-state index in [0.717, 1.165) is 38.9 Å². The van der Waals surface area contributed by atoms with Gasteiger partial charge in [0.2, 0.25) is 11.8 Å². The number of rotatable bonds is 7. The molecule has 5 nitrogen and oxygen atoms in total. The predicted molar refractivity (Wildman–Crippen MR) is 91.7 cm³/mol. The molecule has 2 fully saturated rings. The molecule has 5 heteroatoms. The second-order valence-corrected chi connectivity index (χ2v) is 6.94. The van der Waals surface area contributed by atoms with Gasteiger partial charge in [-0.3, -0.25) is 9.59 Å². The van der Waals surface area contributed by atoms with Gasteiger partial charge in [-0.2, -0.15) is 0 Å². The van der Waals surface area contributed by atoms with Crippen LogP contribution in [0, 0.1) is 11.8 Å². The van der Waals surface area contributed by atoms with E-state index < -0.39 is 0 Å². The first-order valence-electron chi connectivity index (χ1n) is 9.13. The SMILES string of the molecule is NC(=O)[C@H]1CCCN(CCCNC(=O)/C=C/C2CCCCC2)C1. The maximum absolute atomic E-state index is 11.8. The molecule has 2 amide bonds. The van der Waals surface area contributed by atoms with Crippen molar-refractivity contribution >= 4 is 11.8 Å². The van der Waals surface area contributed by atoms with Crippen molar-refractivity contribution in [3.63, 3.8) is 0 Å². The molecule has 1 heterocycles. The molecule has 1 atom stereocenters. The standard InChI is InChI=1S/C18H31N3O2/c19-18(23)16-8-4-12-21(14-16)13-5-11-20-17(22)10-9-15-6-2-1-3-7-15/h9-10,15-16H,1-8,11-14H2,(H2,19,23)(H,20,22)/b10-9+/t16-/m0/s1. The van der Waals surface area contributed by atoms with Gasteiger partial charge in [0.05, 0.1) is 5.92 Å². The van der Waals surface area contributed by atoms with E-state index in [9.17, 15) is 9.59 Å². The summed E-state index contributed by atoms with van der Waals surface area (Å²) in [7, 11) is 0. The zero-order valence-electron chi connectivity index (χ0n) is 14.1. The minimum Gasteiger partial charge on any atom is -0.369 e. The summed E-state index contributed by atoms with van der Waals surface area (Å²) in [4.78, 5) is 25.3. The Morgan fingerprint density at radius 3 is 2.65 bits per heavy atom. The van der Waals surface area contributed by atoms with Crippen LogP contribution in [-0.4, -0.2) is 42.9 Å². The van der Waals surface area contributed by atoms with E-state index in [-0.39, 0.29) is 17.7 Å². The lowest BCUT2D eigenvalue weighted by molar-refractivity contribution is -0.123. The van der Waals surface area contributed by atoms with Crippen molar-refractivity contribution in [2.45, 2.75) is 51.4 Å². The van der Waals surface area contributed by atoms with Crippen LogP contribution in [0.25, 0.3) is 0 Å². The number of likely N-dealkylation sites (tertiary alicyclic amines) is 1. The second-order valence-electron chi connectivity index (χ2n) is 6.94. The van der Waals surface area contributed by atoms with Crippen LogP contribution in [-0.2, 0) is 9.59 Å². The van der Waals surface area contributed by atoms with E-state index in [1.165, 1.54) is 32.1 Å². The van der Waals surface area contributed by atoms with Gasteiger partial charge in [-0.15, -0.1) is 0 Å². The molecule has 0 radical (unpaired) electrons. The lowest BCUT2D eigenvalue weighted by Gasteiger charge is -2.31. The van der Waals surface area contributed by atoms with Crippen LogP contribution in [0.2, 0.25) is 0 Å². The Morgan fingerprint density at radius 2 is 1.91 bits per heavy atom. The summed E-state index contributed by atoms with van der Waals surface area (Å²) in [6.45, 7) is 3.39. The summed E-state index contributed by atoms with van der Waals surface area (Å²) in [5.41, 5.74) is 5.39.